The maximum atomic E-state index is 12.8. The minimum Gasteiger partial charge on any atom is -0.435 e. The fourth-order valence-corrected chi connectivity index (χ4v) is 4.91. The predicted molar refractivity (Wildman–Crippen MR) is 128 cm³/mol. The summed E-state index contributed by atoms with van der Waals surface area (Å²) in [5.41, 5.74) is 4.31. The van der Waals surface area contributed by atoms with E-state index >= 15 is 0 Å². The number of ether oxygens (including phenoxy) is 1. The molecule has 1 aliphatic rings. The number of rotatable bonds is 9. The zero-order valence-corrected chi connectivity index (χ0v) is 20.0. The Labute approximate surface area is 203 Å². The van der Waals surface area contributed by atoms with E-state index in [1.54, 1.807) is 24.1 Å². The fourth-order valence-electron chi connectivity index (χ4n) is 4.91. The maximum absolute atomic E-state index is 12.8. The summed E-state index contributed by atoms with van der Waals surface area (Å²) in [5, 5.41) is 17.9. The molecule has 1 amide bonds. The second-order valence-electron chi connectivity index (χ2n) is 9.44. The van der Waals surface area contributed by atoms with Crippen LogP contribution < -0.4 is 4.74 Å². The van der Waals surface area contributed by atoms with Crippen LogP contribution in [-0.4, -0.2) is 39.8 Å². The van der Waals surface area contributed by atoms with Crippen molar-refractivity contribution in [3.05, 3.63) is 82.7 Å². The van der Waals surface area contributed by atoms with Crippen molar-refractivity contribution in [1.29, 1.82) is 0 Å². The monoisotopic (exact) mass is 483 g/mol. The van der Waals surface area contributed by atoms with Gasteiger partial charge in [0.1, 0.15) is 5.75 Å². The summed E-state index contributed by atoms with van der Waals surface area (Å²) >= 11 is 0. The van der Waals surface area contributed by atoms with Crippen molar-refractivity contribution in [3.63, 3.8) is 0 Å². The van der Waals surface area contributed by atoms with Crippen LogP contribution in [0, 0.1) is 18.8 Å². The molecule has 1 aromatic heterocycles. The smallest absolute Gasteiger partial charge is 0.387 e. The van der Waals surface area contributed by atoms with Gasteiger partial charge in [0.15, 0.2) is 0 Å². The maximum Gasteiger partial charge on any atom is 0.387 e. The Morgan fingerprint density at radius 1 is 1.17 bits per heavy atom. The summed E-state index contributed by atoms with van der Waals surface area (Å²) in [6.45, 7) is -0.491. The quantitative estimate of drug-likeness (QED) is 0.434. The minimum atomic E-state index is -2.86. The topological polar surface area (TPSA) is 78.5 Å². The summed E-state index contributed by atoms with van der Waals surface area (Å²) in [4.78, 5) is 14.4. The van der Waals surface area contributed by atoms with Gasteiger partial charge in [-0.25, -0.2) is 0 Å². The third-order valence-electron chi connectivity index (χ3n) is 6.71. The van der Waals surface area contributed by atoms with Crippen LogP contribution in [0.3, 0.4) is 0 Å². The Bertz CT molecular complexity index is 1120. The third kappa shape index (κ3) is 6.45. The van der Waals surface area contributed by atoms with Crippen LogP contribution in [0.1, 0.15) is 58.2 Å². The van der Waals surface area contributed by atoms with E-state index in [2.05, 4.69) is 14.9 Å². The van der Waals surface area contributed by atoms with E-state index in [1.807, 2.05) is 37.3 Å². The van der Waals surface area contributed by atoms with Gasteiger partial charge in [-0.05, 0) is 85.9 Å². The molecule has 186 valence electrons. The molecule has 1 fully saturated rings. The number of nitrogens with zero attached hydrogens (tertiary/aromatic N) is 2. The number of aliphatic hydroxyl groups is 1. The lowest BCUT2D eigenvalue weighted by Gasteiger charge is -2.19. The van der Waals surface area contributed by atoms with Gasteiger partial charge in [0, 0.05) is 18.3 Å². The molecule has 4 rings (SSSR count). The number of aromatic amines is 1. The number of aromatic nitrogens is 2. The van der Waals surface area contributed by atoms with E-state index in [0.717, 1.165) is 37.1 Å². The number of hydrogen-bond acceptors (Lipinski definition) is 4. The van der Waals surface area contributed by atoms with Crippen molar-refractivity contribution in [3.8, 4) is 5.75 Å². The number of nitrogens with one attached hydrogen (secondary N) is 1. The molecular weight excluding hydrogens is 452 g/mol. The highest BCUT2D eigenvalue weighted by Crippen LogP contribution is 2.40. The molecule has 0 radical (unpaired) electrons. The van der Waals surface area contributed by atoms with E-state index in [0.29, 0.717) is 23.6 Å². The van der Waals surface area contributed by atoms with E-state index in [-0.39, 0.29) is 17.6 Å². The summed E-state index contributed by atoms with van der Waals surface area (Å²) in [6, 6.07) is 15.9. The average Bonchev–Trinajstić information content (AvgIpc) is 3.47. The Hall–Kier alpha value is -3.26. The number of amides is 1. The molecule has 8 heteroatoms. The first kappa shape index (κ1) is 24.9. The number of halogens is 2. The van der Waals surface area contributed by atoms with Gasteiger partial charge in [-0.15, -0.1) is 0 Å². The Morgan fingerprint density at radius 3 is 2.51 bits per heavy atom. The number of H-pyrrole nitrogens is 1. The molecule has 3 unspecified atom stereocenters. The fraction of sp³-hybridized carbons (Fsp3) is 0.407. The van der Waals surface area contributed by atoms with E-state index in [1.165, 1.54) is 17.7 Å². The van der Waals surface area contributed by atoms with E-state index in [4.69, 9.17) is 0 Å². The highest BCUT2D eigenvalue weighted by Gasteiger charge is 2.30. The van der Waals surface area contributed by atoms with Crippen molar-refractivity contribution >= 4 is 5.91 Å². The van der Waals surface area contributed by atoms with Crippen molar-refractivity contribution in [1.82, 2.24) is 15.1 Å². The molecule has 35 heavy (non-hydrogen) atoms. The molecule has 0 aliphatic heterocycles. The highest BCUT2D eigenvalue weighted by molar-refractivity contribution is 5.94. The number of alkyl halides is 2. The van der Waals surface area contributed by atoms with Gasteiger partial charge in [-0.2, -0.15) is 13.9 Å². The standard InChI is InChI=1S/C27H31F2N3O3/c1-17-13-23(31-30-17)16-32(2)26(34)21-6-3-18(4-7-21)14-19-5-8-22(15-19)25(33)20-9-11-24(12-10-20)35-27(28)29/h3-4,6-7,9-13,19,22,25,27,33H,5,8,14-16H2,1-2H3,(H,30,31). The molecule has 1 saturated carbocycles. The second kappa shape index (κ2) is 11.0. The molecule has 0 saturated heterocycles. The van der Waals surface area contributed by atoms with Gasteiger partial charge >= 0.3 is 6.61 Å². The van der Waals surface area contributed by atoms with Gasteiger partial charge in [-0.1, -0.05) is 24.3 Å². The van der Waals surface area contributed by atoms with Gasteiger partial charge in [0.2, 0.25) is 0 Å². The van der Waals surface area contributed by atoms with Crippen molar-refractivity contribution in [2.75, 3.05) is 7.05 Å². The average molecular weight is 484 g/mol. The predicted octanol–water partition coefficient (Wildman–Crippen LogP) is 5.28. The molecular formula is C27H31F2N3O3. The Morgan fingerprint density at radius 2 is 1.89 bits per heavy atom. The zero-order valence-electron chi connectivity index (χ0n) is 20.0. The first-order valence-electron chi connectivity index (χ1n) is 11.9. The molecule has 1 aliphatic carbocycles. The summed E-state index contributed by atoms with van der Waals surface area (Å²) in [7, 11) is 1.77. The molecule has 3 aromatic rings. The summed E-state index contributed by atoms with van der Waals surface area (Å²) < 4.78 is 29.0. The van der Waals surface area contributed by atoms with Crippen LogP contribution in [0.4, 0.5) is 8.78 Å². The van der Waals surface area contributed by atoms with Crippen molar-refractivity contribution in [2.24, 2.45) is 11.8 Å². The Balaban J connectivity index is 1.28. The number of hydrogen-bond donors (Lipinski definition) is 2. The van der Waals surface area contributed by atoms with Crippen molar-refractivity contribution < 1.29 is 23.4 Å². The summed E-state index contributed by atoms with van der Waals surface area (Å²) in [6.07, 6.45) is 3.08. The number of aliphatic hydroxyl groups excluding tert-OH is 1. The van der Waals surface area contributed by atoms with Gasteiger partial charge in [-0.3, -0.25) is 9.89 Å². The van der Waals surface area contributed by atoms with Crippen LogP contribution in [-0.2, 0) is 13.0 Å². The summed E-state index contributed by atoms with van der Waals surface area (Å²) in [5.74, 6) is 0.612. The number of carbonyl (C=O) groups excluding carboxylic acids is 1. The largest absolute Gasteiger partial charge is 0.435 e. The SMILES string of the molecule is Cc1cc(CN(C)C(=O)c2ccc(CC3CCC(C(O)c4ccc(OC(F)F)cc4)C3)cc2)n[nH]1. The highest BCUT2D eigenvalue weighted by atomic mass is 19.3. The molecule has 6 nitrogen and oxygen atoms in total. The van der Waals surface area contributed by atoms with E-state index < -0.39 is 12.7 Å². The van der Waals surface area contributed by atoms with Gasteiger partial charge in [0.05, 0.1) is 18.3 Å². The number of carbonyl (C=O) groups is 1. The number of benzene rings is 2. The normalized spacial score (nSPS) is 18.6. The number of aryl methyl sites for hydroxylation is 1. The molecule has 0 bridgehead atoms. The Kier molecular flexibility index (Phi) is 7.80. The second-order valence-corrected chi connectivity index (χ2v) is 9.44. The van der Waals surface area contributed by atoms with Crippen LogP contribution in [0.2, 0.25) is 0 Å². The first-order valence-corrected chi connectivity index (χ1v) is 11.9. The van der Waals surface area contributed by atoms with Gasteiger partial charge in [0.25, 0.3) is 5.91 Å². The minimum absolute atomic E-state index is 0.0498. The molecule has 2 N–H and O–H groups in total. The van der Waals surface area contributed by atoms with Crippen LogP contribution >= 0.6 is 0 Å². The lowest BCUT2D eigenvalue weighted by atomic mass is 9.91. The lowest BCUT2D eigenvalue weighted by molar-refractivity contribution is -0.0498. The molecule has 1 heterocycles. The van der Waals surface area contributed by atoms with Crippen LogP contribution in [0.5, 0.6) is 5.75 Å². The van der Waals surface area contributed by atoms with E-state index in [9.17, 15) is 18.7 Å². The zero-order chi connectivity index (χ0) is 24.9. The first-order chi connectivity index (χ1) is 16.8. The van der Waals surface area contributed by atoms with Gasteiger partial charge < -0.3 is 14.7 Å². The third-order valence-corrected chi connectivity index (χ3v) is 6.71. The van der Waals surface area contributed by atoms with Crippen molar-refractivity contribution in [2.45, 2.75) is 51.9 Å². The molecule has 3 atom stereocenters. The van der Waals surface area contributed by atoms with Crippen LogP contribution in [0.15, 0.2) is 54.6 Å². The molecule has 0 spiro atoms. The van der Waals surface area contributed by atoms with Crippen LogP contribution in [0.25, 0.3) is 0 Å². The lowest BCUT2D eigenvalue weighted by Crippen LogP contribution is -2.26. The molecule has 2 aromatic carbocycles.